The highest BCUT2D eigenvalue weighted by Gasteiger charge is 2.35. The number of carbonyl (C=O) groups is 1. The molecule has 0 N–H and O–H groups in total. The van der Waals surface area contributed by atoms with Crippen molar-refractivity contribution in [2.45, 2.75) is 17.7 Å². The molecule has 24 heavy (non-hydrogen) atoms. The average molecular weight is 369 g/mol. The predicted octanol–water partition coefficient (Wildman–Crippen LogP) is 1.72. The zero-order valence-corrected chi connectivity index (χ0v) is 15.1. The van der Waals surface area contributed by atoms with Crippen LogP contribution in [0.15, 0.2) is 28.6 Å². The van der Waals surface area contributed by atoms with Gasteiger partial charge in [0.25, 0.3) is 0 Å². The first kappa shape index (κ1) is 17.1. The van der Waals surface area contributed by atoms with E-state index < -0.39 is 10.0 Å². The Hall–Kier alpha value is -1.71. The normalized spacial score (nSPS) is 17.1. The minimum Gasteiger partial charge on any atom is -0.469 e. The van der Waals surface area contributed by atoms with Crippen LogP contribution < -0.4 is 0 Å². The molecule has 2 aromatic heterocycles. The third-order valence-electron chi connectivity index (χ3n) is 4.16. The van der Waals surface area contributed by atoms with Crippen molar-refractivity contribution in [2.75, 3.05) is 20.2 Å². The fourth-order valence-corrected chi connectivity index (χ4v) is 5.32. The van der Waals surface area contributed by atoms with Crippen LogP contribution in [0.1, 0.15) is 12.8 Å². The lowest BCUT2D eigenvalue weighted by atomic mass is 9.99. The lowest BCUT2D eigenvalue weighted by Gasteiger charge is -2.29. The molecule has 0 atom stereocenters. The van der Waals surface area contributed by atoms with Gasteiger partial charge in [0.2, 0.25) is 10.0 Å². The van der Waals surface area contributed by atoms with Crippen molar-refractivity contribution in [1.82, 2.24) is 14.1 Å². The summed E-state index contributed by atoms with van der Waals surface area (Å²) in [6.07, 6.45) is 2.48. The number of piperidine rings is 1. The standard InChI is InChI=1S/C15H19N3O4S2/c1-17-10-13(14(16-17)12-4-3-9-23-12)24(20,21)18-7-5-11(6-8-18)15(19)22-2/h3-4,9-11H,5-8H2,1-2H3. The van der Waals surface area contributed by atoms with Crippen LogP contribution in [0.5, 0.6) is 0 Å². The molecular weight excluding hydrogens is 350 g/mol. The van der Waals surface area contributed by atoms with Gasteiger partial charge < -0.3 is 4.74 Å². The van der Waals surface area contributed by atoms with Crippen molar-refractivity contribution in [3.05, 3.63) is 23.7 Å². The summed E-state index contributed by atoms with van der Waals surface area (Å²) < 4.78 is 33.7. The molecule has 0 bridgehead atoms. The molecule has 0 amide bonds. The summed E-state index contributed by atoms with van der Waals surface area (Å²) in [5, 5.41) is 6.21. The van der Waals surface area contributed by atoms with E-state index in [9.17, 15) is 13.2 Å². The van der Waals surface area contributed by atoms with Gasteiger partial charge in [-0.15, -0.1) is 11.3 Å². The van der Waals surface area contributed by atoms with Crippen LogP contribution in [-0.4, -0.2) is 48.7 Å². The minimum atomic E-state index is -3.65. The van der Waals surface area contributed by atoms with Crippen molar-refractivity contribution >= 4 is 27.3 Å². The van der Waals surface area contributed by atoms with Gasteiger partial charge in [-0.05, 0) is 24.3 Å². The van der Waals surface area contributed by atoms with Crippen LogP contribution in [0.25, 0.3) is 10.6 Å². The number of methoxy groups -OCH3 is 1. The van der Waals surface area contributed by atoms with Gasteiger partial charge in [-0.1, -0.05) is 6.07 Å². The number of esters is 1. The summed E-state index contributed by atoms with van der Waals surface area (Å²) in [5.74, 6) is -0.500. The third kappa shape index (κ3) is 3.11. The second-order valence-corrected chi connectivity index (χ2v) is 8.55. The number of thiophene rings is 1. The second kappa shape index (κ2) is 6.66. The van der Waals surface area contributed by atoms with Gasteiger partial charge in [-0.3, -0.25) is 9.48 Å². The maximum Gasteiger partial charge on any atom is 0.308 e. The first-order chi connectivity index (χ1) is 11.4. The SMILES string of the molecule is COC(=O)C1CCN(S(=O)(=O)c2cn(C)nc2-c2cccs2)CC1. The van der Waals surface area contributed by atoms with Gasteiger partial charge in [0, 0.05) is 26.3 Å². The summed E-state index contributed by atoms with van der Waals surface area (Å²) in [6, 6.07) is 3.72. The number of carbonyl (C=O) groups excluding carboxylic acids is 1. The molecular formula is C15H19N3O4S2. The Kier molecular flexibility index (Phi) is 4.75. The first-order valence-corrected chi connectivity index (χ1v) is 9.91. The molecule has 1 saturated heterocycles. The van der Waals surface area contributed by atoms with E-state index in [1.54, 1.807) is 7.05 Å². The Balaban J connectivity index is 1.86. The van der Waals surface area contributed by atoms with E-state index in [4.69, 9.17) is 4.74 Å². The van der Waals surface area contributed by atoms with Crippen molar-refractivity contribution < 1.29 is 17.9 Å². The third-order valence-corrected chi connectivity index (χ3v) is 6.93. The van der Waals surface area contributed by atoms with Crippen LogP contribution in [0, 0.1) is 5.92 Å². The van der Waals surface area contributed by atoms with Crippen molar-refractivity contribution in [3.63, 3.8) is 0 Å². The van der Waals surface area contributed by atoms with E-state index in [1.165, 1.54) is 33.6 Å². The van der Waals surface area contributed by atoms with Crippen LogP contribution >= 0.6 is 11.3 Å². The van der Waals surface area contributed by atoms with Gasteiger partial charge in [-0.25, -0.2) is 8.42 Å². The molecule has 9 heteroatoms. The number of aromatic nitrogens is 2. The number of hydrogen-bond donors (Lipinski definition) is 0. The maximum atomic E-state index is 13.0. The minimum absolute atomic E-state index is 0.212. The van der Waals surface area contributed by atoms with Crippen LogP contribution in [0.4, 0.5) is 0 Å². The molecule has 1 aliphatic heterocycles. The van der Waals surface area contributed by atoms with Crippen LogP contribution in [0.3, 0.4) is 0 Å². The highest BCUT2D eigenvalue weighted by molar-refractivity contribution is 7.89. The topological polar surface area (TPSA) is 81.5 Å². The summed E-state index contributed by atoms with van der Waals surface area (Å²) in [7, 11) is -0.586. The Morgan fingerprint density at radius 3 is 2.67 bits per heavy atom. The molecule has 3 heterocycles. The number of sulfonamides is 1. The fraction of sp³-hybridized carbons (Fsp3) is 0.467. The molecule has 1 fully saturated rings. The summed E-state index contributed by atoms with van der Waals surface area (Å²) in [5.41, 5.74) is 0.475. The molecule has 0 radical (unpaired) electrons. The van der Waals surface area contributed by atoms with Crippen molar-refractivity contribution in [2.24, 2.45) is 13.0 Å². The van der Waals surface area contributed by atoms with E-state index in [-0.39, 0.29) is 16.8 Å². The second-order valence-electron chi connectivity index (χ2n) is 5.69. The van der Waals surface area contributed by atoms with Gasteiger partial charge >= 0.3 is 5.97 Å². The quantitative estimate of drug-likeness (QED) is 0.767. The molecule has 0 aromatic carbocycles. The van der Waals surface area contributed by atoms with E-state index in [1.807, 2.05) is 17.5 Å². The molecule has 0 unspecified atom stereocenters. The summed E-state index contributed by atoms with van der Waals surface area (Å²) in [4.78, 5) is 12.6. The molecule has 0 saturated carbocycles. The number of ether oxygens (including phenoxy) is 1. The smallest absolute Gasteiger partial charge is 0.308 e. The molecule has 7 nitrogen and oxygen atoms in total. The lowest BCUT2D eigenvalue weighted by Crippen LogP contribution is -2.40. The number of rotatable bonds is 4. The molecule has 0 spiro atoms. The Morgan fingerprint density at radius 1 is 1.38 bits per heavy atom. The Bertz CT molecular complexity index is 819. The number of aryl methyl sites for hydroxylation is 1. The highest BCUT2D eigenvalue weighted by Crippen LogP contribution is 2.32. The van der Waals surface area contributed by atoms with E-state index in [0.717, 1.165) is 4.88 Å². The molecule has 3 rings (SSSR count). The Labute approximate surface area is 144 Å². The summed E-state index contributed by atoms with van der Waals surface area (Å²) in [6.45, 7) is 0.613. The molecule has 0 aliphatic carbocycles. The van der Waals surface area contributed by atoms with Crippen molar-refractivity contribution in [1.29, 1.82) is 0 Å². The summed E-state index contributed by atoms with van der Waals surface area (Å²) >= 11 is 1.45. The number of hydrogen-bond acceptors (Lipinski definition) is 6. The first-order valence-electron chi connectivity index (χ1n) is 7.59. The van der Waals surface area contributed by atoms with E-state index >= 15 is 0 Å². The average Bonchev–Trinajstić information content (AvgIpc) is 3.23. The van der Waals surface area contributed by atoms with Crippen LogP contribution in [-0.2, 0) is 26.6 Å². The van der Waals surface area contributed by atoms with Gasteiger partial charge in [0.05, 0.1) is 17.9 Å². The number of nitrogens with zero attached hydrogens (tertiary/aromatic N) is 3. The monoisotopic (exact) mass is 369 g/mol. The van der Waals surface area contributed by atoms with Gasteiger partial charge in [-0.2, -0.15) is 9.40 Å². The zero-order valence-electron chi connectivity index (χ0n) is 13.5. The van der Waals surface area contributed by atoms with Crippen molar-refractivity contribution in [3.8, 4) is 10.6 Å². The zero-order chi connectivity index (χ0) is 17.3. The van der Waals surface area contributed by atoms with Gasteiger partial charge in [0.1, 0.15) is 10.6 Å². The molecule has 1 aliphatic rings. The van der Waals surface area contributed by atoms with Crippen LogP contribution in [0.2, 0.25) is 0 Å². The molecule has 2 aromatic rings. The predicted molar refractivity (Wildman–Crippen MR) is 90.0 cm³/mol. The largest absolute Gasteiger partial charge is 0.469 e. The maximum absolute atomic E-state index is 13.0. The lowest BCUT2D eigenvalue weighted by molar-refractivity contribution is -0.146. The molecule has 130 valence electrons. The Morgan fingerprint density at radius 2 is 2.08 bits per heavy atom. The highest BCUT2D eigenvalue weighted by atomic mass is 32.2. The van der Waals surface area contributed by atoms with E-state index in [2.05, 4.69) is 5.10 Å². The van der Waals surface area contributed by atoms with Gasteiger partial charge in [0.15, 0.2) is 0 Å². The fourth-order valence-electron chi connectivity index (χ4n) is 2.88. The van der Waals surface area contributed by atoms with E-state index in [0.29, 0.717) is 31.6 Å².